The van der Waals surface area contributed by atoms with Crippen LogP contribution in [-0.4, -0.2) is 50.9 Å². The van der Waals surface area contributed by atoms with Gasteiger partial charge in [0.05, 0.1) is 17.7 Å². The molecule has 2 amide bonds. The van der Waals surface area contributed by atoms with Crippen LogP contribution < -0.4 is 14.4 Å². The highest BCUT2D eigenvalue weighted by Crippen LogP contribution is 2.29. The normalized spacial score (nSPS) is 12.1. The SMILES string of the molecule is CC[C@@H](C(=O)NC(C)C)N(Cc1ccc(OC)cc1)C(=O)CN(c1cccc(C)c1C)S(=O)(=O)c1ccccc1. The fraction of sp³-hybridized carbons (Fsp3) is 0.355. The molecular weight excluding hydrogens is 526 g/mol. The summed E-state index contributed by atoms with van der Waals surface area (Å²) >= 11 is 0. The molecule has 0 aliphatic carbocycles. The summed E-state index contributed by atoms with van der Waals surface area (Å²) in [5.41, 5.74) is 2.85. The zero-order valence-corrected chi connectivity index (χ0v) is 24.9. The van der Waals surface area contributed by atoms with Gasteiger partial charge in [-0.3, -0.25) is 13.9 Å². The van der Waals surface area contributed by atoms with E-state index in [9.17, 15) is 18.0 Å². The molecule has 0 bridgehead atoms. The number of nitrogens with zero attached hydrogens (tertiary/aromatic N) is 2. The quantitative estimate of drug-likeness (QED) is 0.339. The highest BCUT2D eigenvalue weighted by atomic mass is 32.2. The third-order valence-corrected chi connectivity index (χ3v) is 8.56. The van der Waals surface area contributed by atoms with Crippen molar-refractivity contribution in [3.8, 4) is 5.75 Å². The van der Waals surface area contributed by atoms with E-state index >= 15 is 0 Å². The monoisotopic (exact) mass is 565 g/mol. The minimum Gasteiger partial charge on any atom is -0.497 e. The van der Waals surface area contributed by atoms with Crippen LogP contribution >= 0.6 is 0 Å². The molecule has 1 atom stereocenters. The van der Waals surface area contributed by atoms with Crippen LogP contribution in [0.25, 0.3) is 0 Å². The van der Waals surface area contributed by atoms with E-state index in [1.807, 2.05) is 52.8 Å². The Bertz CT molecular complexity index is 1410. The average Bonchev–Trinajstić information content (AvgIpc) is 2.93. The summed E-state index contributed by atoms with van der Waals surface area (Å²) in [4.78, 5) is 28.9. The van der Waals surface area contributed by atoms with Gasteiger partial charge in [0.15, 0.2) is 0 Å². The lowest BCUT2D eigenvalue weighted by molar-refractivity contribution is -0.140. The Morgan fingerprint density at radius 2 is 1.57 bits per heavy atom. The maximum Gasteiger partial charge on any atom is 0.264 e. The van der Waals surface area contributed by atoms with E-state index in [2.05, 4.69) is 5.32 Å². The van der Waals surface area contributed by atoms with Crippen LogP contribution in [0.15, 0.2) is 77.7 Å². The molecule has 0 aliphatic heterocycles. The fourth-order valence-corrected chi connectivity index (χ4v) is 5.96. The minimum atomic E-state index is -4.11. The molecule has 3 aromatic carbocycles. The van der Waals surface area contributed by atoms with E-state index < -0.39 is 28.5 Å². The van der Waals surface area contributed by atoms with Crippen LogP contribution in [0.1, 0.15) is 43.9 Å². The van der Waals surface area contributed by atoms with Gasteiger partial charge in [0.2, 0.25) is 11.8 Å². The van der Waals surface area contributed by atoms with Gasteiger partial charge in [-0.1, -0.05) is 49.4 Å². The number of carbonyl (C=O) groups excluding carboxylic acids is 2. The van der Waals surface area contributed by atoms with Crippen molar-refractivity contribution in [3.05, 3.63) is 89.5 Å². The second-order valence-electron chi connectivity index (χ2n) is 10.0. The van der Waals surface area contributed by atoms with E-state index in [0.29, 0.717) is 17.9 Å². The molecule has 9 heteroatoms. The minimum absolute atomic E-state index is 0.0787. The summed E-state index contributed by atoms with van der Waals surface area (Å²) in [5, 5.41) is 2.91. The first-order valence-corrected chi connectivity index (χ1v) is 14.8. The lowest BCUT2D eigenvalue weighted by Gasteiger charge is -2.34. The second kappa shape index (κ2) is 13.5. The lowest BCUT2D eigenvalue weighted by Crippen LogP contribution is -2.53. The number of anilines is 1. The first-order valence-electron chi connectivity index (χ1n) is 13.4. The zero-order chi connectivity index (χ0) is 29.4. The van der Waals surface area contributed by atoms with Crippen LogP contribution in [0, 0.1) is 13.8 Å². The topological polar surface area (TPSA) is 96.0 Å². The average molecular weight is 566 g/mol. The number of sulfonamides is 1. The molecule has 214 valence electrons. The van der Waals surface area contributed by atoms with Gasteiger partial charge >= 0.3 is 0 Å². The van der Waals surface area contributed by atoms with Gasteiger partial charge in [-0.05, 0) is 81.1 Å². The number of nitrogens with one attached hydrogen (secondary N) is 1. The Morgan fingerprint density at radius 3 is 2.15 bits per heavy atom. The smallest absolute Gasteiger partial charge is 0.264 e. The van der Waals surface area contributed by atoms with Crippen molar-refractivity contribution in [2.75, 3.05) is 18.0 Å². The van der Waals surface area contributed by atoms with Crippen LogP contribution in [-0.2, 0) is 26.2 Å². The Balaban J connectivity index is 2.09. The van der Waals surface area contributed by atoms with Gasteiger partial charge in [-0.15, -0.1) is 0 Å². The van der Waals surface area contributed by atoms with Gasteiger partial charge in [0.1, 0.15) is 18.3 Å². The van der Waals surface area contributed by atoms with E-state index in [1.54, 1.807) is 49.6 Å². The van der Waals surface area contributed by atoms with E-state index in [1.165, 1.54) is 17.0 Å². The zero-order valence-electron chi connectivity index (χ0n) is 24.0. The van der Waals surface area contributed by atoms with Crippen molar-refractivity contribution >= 4 is 27.5 Å². The number of ether oxygens (including phenoxy) is 1. The number of benzene rings is 3. The highest BCUT2D eigenvalue weighted by molar-refractivity contribution is 7.92. The van der Waals surface area contributed by atoms with Crippen LogP contribution in [0.3, 0.4) is 0 Å². The first-order chi connectivity index (χ1) is 19.0. The largest absolute Gasteiger partial charge is 0.497 e. The number of rotatable bonds is 12. The highest BCUT2D eigenvalue weighted by Gasteiger charge is 2.34. The number of hydrogen-bond donors (Lipinski definition) is 1. The maximum atomic E-state index is 14.1. The standard InChI is InChI=1S/C31H39N3O5S/c1-7-28(31(36)32-22(2)3)33(20-25-16-18-26(39-6)19-17-25)30(35)21-34(29-15-11-12-23(4)24(29)5)40(37,38)27-13-9-8-10-14-27/h8-19,22,28H,7,20-21H2,1-6H3,(H,32,36)/t28-/m0/s1. The van der Waals surface area contributed by atoms with Crippen LogP contribution in [0.5, 0.6) is 5.75 Å². The number of hydrogen-bond acceptors (Lipinski definition) is 5. The predicted molar refractivity (Wildman–Crippen MR) is 158 cm³/mol. The Labute approximate surface area is 238 Å². The molecule has 0 saturated heterocycles. The molecule has 0 fully saturated rings. The molecule has 0 radical (unpaired) electrons. The summed E-state index contributed by atoms with van der Waals surface area (Å²) in [6.45, 7) is 8.93. The number of amides is 2. The number of carbonyl (C=O) groups is 2. The molecule has 0 saturated carbocycles. The molecule has 0 aromatic heterocycles. The third-order valence-electron chi connectivity index (χ3n) is 6.78. The number of methoxy groups -OCH3 is 1. The second-order valence-corrected chi connectivity index (χ2v) is 11.9. The lowest BCUT2D eigenvalue weighted by atomic mass is 10.1. The van der Waals surface area contributed by atoms with E-state index in [0.717, 1.165) is 21.0 Å². The fourth-order valence-electron chi connectivity index (χ4n) is 4.47. The van der Waals surface area contributed by atoms with Crippen LogP contribution in [0.4, 0.5) is 5.69 Å². The molecule has 8 nitrogen and oxygen atoms in total. The molecular formula is C31H39N3O5S. The summed E-state index contributed by atoms with van der Waals surface area (Å²) < 4.78 is 34.3. The van der Waals surface area contributed by atoms with Crippen molar-refractivity contribution in [1.82, 2.24) is 10.2 Å². The summed E-state index contributed by atoms with van der Waals surface area (Å²) in [7, 11) is -2.53. The predicted octanol–water partition coefficient (Wildman–Crippen LogP) is 4.84. The molecule has 1 N–H and O–H groups in total. The first kappa shape index (κ1) is 30.7. The third kappa shape index (κ3) is 7.21. The summed E-state index contributed by atoms with van der Waals surface area (Å²) in [6, 6.07) is 19.7. The van der Waals surface area contributed by atoms with Crippen molar-refractivity contribution < 1.29 is 22.7 Å². The summed E-state index contributed by atoms with van der Waals surface area (Å²) in [5.74, 6) is -0.105. The van der Waals surface area contributed by atoms with Gasteiger partial charge in [-0.2, -0.15) is 0 Å². The number of aryl methyl sites for hydroxylation is 1. The van der Waals surface area contributed by atoms with E-state index in [4.69, 9.17) is 4.74 Å². The van der Waals surface area contributed by atoms with Crippen molar-refractivity contribution in [1.29, 1.82) is 0 Å². The Morgan fingerprint density at radius 1 is 0.925 bits per heavy atom. The molecule has 3 aromatic rings. The van der Waals surface area contributed by atoms with E-state index in [-0.39, 0.29) is 23.4 Å². The molecule has 0 heterocycles. The molecule has 40 heavy (non-hydrogen) atoms. The molecule has 0 spiro atoms. The molecule has 0 unspecified atom stereocenters. The maximum absolute atomic E-state index is 14.1. The Hall–Kier alpha value is -3.85. The van der Waals surface area contributed by atoms with Gasteiger partial charge in [0.25, 0.3) is 10.0 Å². The molecule has 3 rings (SSSR count). The molecule has 0 aliphatic rings. The van der Waals surface area contributed by atoms with Gasteiger partial charge in [-0.25, -0.2) is 8.42 Å². The van der Waals surface area contributed by atoms with Crippen molar-refractivity contribution in [2.45, 2.75) is 64.6 Å². The van der Waals surface area contributed by atoms with Gasteiger partial charge < -0.3 is 15.0 Å². The summed E-state index contributed by atoms with van der Waals surface area (Å²) in [6.07, 6.45) is 0.357. The van der Waals surface area contributed by atoms with Crippen molar-refractivity contribution in [2.24, 2.45) is 0 Å². The van der Waals surface area contributed by atoms with Crippen molar-refractivity contribution in [3.63, 3.8) is 0 Å². The Kier molecular flexibility index (Phi) is 10.3. The van der Waals surface area contributed by atoms with Gasteiger partial charge in [0, 0.05) is 12.6 Å². The van der Waals surface area contributed by atoms with Crippen LogP contribution in [0.2, 0.25) is 0 Å².